The average Bonchev–Trinajstić information content (AvgIpc) is 2.44. The lowest BCUT2D eigenvalue weighted by atomic mass is 10.0. The average molecular weight is 300 g/mol. The maximum absolute atomic E-state index is 12.2. The number of aromatic hydroxyl groups is 1. The quantitative estimate of drug-likeness (QED) is 0.361. The van der Waals surface area contributed by atoms with Crippen LogP contribution in [0.4, 0.5) is 0 Å². The first-order chi connectivity index (χ1) is 10.4. The molecule has 1 N–H and O–H groups in total. The van der Waals surface area contributed by atoms with Gasteiger partial charge in [-0.05, 0) is 52.3 Å². The van der Waals surface area contributed by atoms with Crippen LogP contribution in [0.1, 0.15) is 43.6 Å². The predicted octanol–water partition coefficient (Wildman–Crippen LogP) is 4.61. The molecule has 0 atom stereocenters. The minimum absolute atomic E-state index is 0.0105. The smallest absolute Gasteiger partial charge is 0.189 e. The van der Waals surface area contributed by atoms with Crippen LogP contribution in [0.2, 0.25) is 0 Å². The van der Waals surface area contributed by atoms with Crippen LogP contribution in [-0.2, 0) is 6.42 Å². The molecule has 0 radical (unpaired) electrons. The summed E-state index contributed by atoms with van der Waals surface area (Å²) >= 11 is 0. The van der Waals surface area contributed by atoms with Gasteiger partial charge in [-0.3, -0.25) is 4.79 Å². The summed E-state index contributed by atoms with van der Waals surface area (Å²) < 4.78 is 5.28. The Morgan fingerprint density at radius 2 is 1.86 bits per heavy atom. The maximum Gasteiger partial charge on any atom is 0.189 e. The van der Waals surface area contributed by atoms with Crippen LogP contribution in [0.15, 0.2) is 47.6 Å². The van der Waals surface area contributed by atoms with Gasteiger partial charge in [-0.25, -0.2) is 0 Å². The van der Waals surface area contributed by atoms with Crippen LogP contribution in [0.5, 0.6) is 11.5 Å². The first kappa shape index (κ1) is 17.8. The third-order valence-corrected chi connectivity index (χ3v) is 3.12. The van der Waals surface area contributed by atoms with Gasteiger partial charge in [-0.15, -0.1) is 0 Å². The number of hydrogen-bond acceptors (Lipinski definition) is 3. The van der Waals surface area contributed by atoms with Crippen molar-refractivity contribution in [2.45, 2.75) is 34.1 Å². The highest BCUT2D eigenvalue weighted by Gasteiger charge is 2.16. The molecule has 0 saturated heterocycles. The molecule has 118 valence electrons. The second kappa shape index (κ2) is 8.23. The highest BCUT2D eigenvalue weighted by molar-refractivity contribution is 6.07. The van der Waals surface area contributed by atoms with Gasteiger partial charge in [-0.2, -0.15) is 0 Å². The number of carbonyl (C=O) groups excluding carboxylic acids is 1. The Labute approximate surface area is 132 Å². The number of allylic oxidation sites excluding steroid dienone is 6. The van der Waals surface area contributed by atoms with E-state index in [0.29, 0.717) is 17.7 Å². The van der Waals surface area contributed by atoms with Crippen molar-refractivity contribution in [2.24, 2.45) is 0 Å². The molecule has 1 aromatic carbocycles. The zero-order chi connectivity index (χ0) is 16.7. The lowest BCUT2D eigenvalue weighted by Gasteiger charge is -2.11. The summed E-state index contributed by atoms with van der Waals surface area (Å²) in [5.41, 5.74) is 3.16. The molecule has 1 aromatic rings. The Morgan fingerprint density at radius 1 is 1.18 bits per heavy atom. The summed E-state index contributed by atoms with van der Waals surface area (Å²) in [6, 6.07) is 3.31. The van der Waals surface area contributed by atoms with Gasteiger partial charge in [0.2, 0.25) is 0 Å². The molecular weight excluding hydrogens is 276 g/mol. The number of carbonyl (C=O) groups is 1. The maximum atomic E-state index is 12.2. The fourth-order valence-electron chi connectivity index (χ4n) is 1.93. The lowest BCUT2D eigenvalue weighted by molar-refractivity contribution is 0.104. The fourth-order valence-corrected chi connectivity index (χ4v) is 1.93. The highest BCUT2D eigenvalue weighted by atomic mass is 16.5. The van der Waals surface area contributed by atoms with Crippen molar-refractivity contribution in [1.29, 1.82) is 0 Å². The highest BCUT2D eigenvalue weighted by Crippen LogP contribution is 2.32. The summed E-state index contributed by atoms with van der Waals surface area (Å²) in [5.74, 6) is 0.347. The first-order valence-corrected chi connectivity index (χ1v) is 7.25. The topological polar surface area (TPSA) is 46.5 Å². The molecule has 0 aromatic heterocycles. The number of phenolic OH excluding ortho intramolecular Hbond substituents is 1. The minimum Gasteiger partial charge on any atom is -0.507 e. The third kappa shape index (κ3) is 4.92. The van der Waals surface area contributed by atoms with Crippen molar-refractivity contribution in [3.8, 4) is 11.5 Å². The van der Waals surface area contributed by atoms with E-state index < -0.39 is 0 Å². The molecule has 0 aliphatic carbocycles. The Kier molecular flexibility index (Phi) is 6.64. The summed E-state index contributed by atoms with van der Waals surface area (Å²) in [6.07, 6.45) is 7.51. The van der Waals surface area contributed by atoms with E-state index in [4.69, 9.17) is 4.74 Å². The van der Waals surface area contributed by atoms with Crippen LogP contribution >= 0.6 is 0 Å². The van der Waals surface area contributed by atoms with E-state index >= 15 is 0 Å². The number of hydrogen-bond donors (Lipinski definition) is 1. The fraction of sp³-hybridized carbons (Fsp3) is 0.316. The molecule has 1 rings (SSSR count). The Balaban J connectivity index is 3.19. The molecule has 0 spiro atoms. The molecule has 3 nitrogen and oxygen atoms in total. The molecule has 0 saturated carbocycles. The Hall–Kier alpha value is -2.29. The number of phenols is 1. The van der Waals surface area contributed by atoms with E-state index in [-0.39, 0.29) is 17.1 Å². The van der Waals surface area contributed by atoms with Gasteiger partial charge in [0.05, 0.1) is 12.7 Å². The van der Waals surface area contributed by atoms with Gasteiger partial charge in [0.25, 0.3) is 0 Å². The molecule has 0 aliphatic rings. The van der Waals surface area contributed by atoms with E-state index in [1.54, 1.807) is 25.3 Å². The zero-order valence-corrected chi connectivity index (χ0v) is 13.9. The molecule has 0 bridgehead atoms. The zero-order valence-electron chi connectivity index (χ0n) is 13.9. The van der Waals surface area contributed by atoms with E-state index in [1.165, 1.54) is 6.08 Å². The summed E-state index contributed by atoms with van der Waals surface area (Å²) in [4.78, 5) is 12.2. The van der Waals surface area contributed by atoms with Gasteiger partial charge in [0.15, 0.2) is 5.78 Å². The molecule has 0 heterocycles. The monoisotopic (exact) mass is 300 g/mol. The van der Waals surface area contributed by atoms with Crippen LogP contribution in [0, 0.1) is 0 Å². The predicted molar refractivity (Wildman–Crippen MR) is 90.7 cm³/mol. The van der Waals surface area contributed by atoms with Crippen LogP contribution in [-0.4, -0.2) is 18.0 Å². The third-order valence-electron chi connectivity index (χ3n) is 3.12. The summed E-state index contributed by atoms with van der Waals surface area (Å²) in [7, 11) is 1.55. The van der Waals surface area contributed by atoms with Crippen LogP contribution in [0.3, 0.4) is 0 Å². The molecule has 0 aliphatic heterocycles. The lowest BCUT2D eigenvalue weighted by Crippen LogP contribution is -2.00. The van der Waals surface area contributed by atoms with E-state index in [1.807, 2.05) is 39.8 Å². The van der Waals surface area contributed by atoms with Crippen LogP contribution < -0.4 is 4.74 Å². The number of rotatable bonds is 6. The van der Waals surface area contributed by atoms with Crippen molar-refractivity contribution in [3.63, 3.8) is 0 Å². The van der Waals surface area contributed by atoms with Crippen molar-refractivity contribution in [3.05, 3.63) is 58.7 Å². The van der Waals surface area contributed by atoms with Crippen molar-refractivity contribution in [1.82, 2.24) is 0 Å². The standard InChI is InChI=1S/C19H24O3/c1-13(2)7-6-8-17(20)15-11-12-18(22-5)16(19(15)21)10-9-14(3)4/h6-9,11-12,21H,10H2,1-5H3/b8-6+. The summed E-state index contributed by atoms with van der Waals surface area (Å²) in [6.45, 7) is 7.88. The van der Waals surface area contributed by atoms with Gasteiger partial charge in [0, 0.05) is 5.56 Å². The van der Waals surface area contributed by atoms with Gasteiger partial charge < -0.3 is 9.84 Å². The minimum atomic E-state index is -0.226. The number of ketones is 1. The largest absolute Gasteiger partial charge is 0.507 e. The van der Waals surface area contributed by atoms with Gasteiger partial charge >= 0.3 is 0 Å². The SMILES string of the molecule is COc1ccc(C(=O)/C=C/C=C(C)C)c(O)c1CC=C(C)C. The molecular formula is C19H24O3. The number of benzene rings is 1. The van der Waals surface area contributed by atoms with E-state index in [0.717, 1.165) is 11.1 Å². The molecule has 0 fully saturated rings. The van der Waals surface area contributed by atoms with E-state index in [9.17, 15) is 9.90 Å². The Bertz CT molecular complexity index is 626. The van der Waals surface area contributed by atoms with Crippen molar-refractivity contribution in [2.75, 3.05) is 7.11 Å². The molecule has 0 unspecified atom stereocenters. The number of ether oxygens (including phenoxy) is 1. The normalized spacial score (nSPS) is 10.4. The first-order valence-electron chi connectivity index (χ1n) is 7.25. The second-order valence-corrected chi connectivity index (χ2v) is 5.60. The van der Waals surface area contributed by atoms with E-state index in [2.05, 4.69) is 0 Å². The second-order valence-electron chi connectivity index (χ2n) is 5.60. The summed E-state index contributed by atoms with van der Waals surface area (Å²) in [5, 5.41) is 10.4. The molecule has 0 amide bonds. The van der Waals surface area contributed by atoms with Crippen LogP contribution in [0.25, 0.3) is 0 Å². The van der Waals surface area contributed by atoms with Crippen molar-refractivity contribution < 1.29 is 14.6 Å². The molecule has 22 heavy (non-hydrogen) atoms. The van der Waals surface area contributed by atoms with Gasteiger partial charge in [-0.1, -0.05) is 29.4 Å². The van der Waals surface area contributed by atoms with Crippen molar-refractivity contribution >= 4 is 5.78 Å². The number of methoxy groups -OCH3 is 1. The molecule has 3 heteroatoms. The Morgan fingerprint density at radius 3 is 2.41 bits per heavy atom. The van der Waals surface area contributed by atoms with Gasteiger partial charge in [0.1, 0.15) is 11.5 Å².